The van der Waals surface area contributed by atoms with Crippen molar-refractivity contribution in [2.24, 2.45) is 5.73 Å². The van der Waals surface area contributed by atoms with E-state index in [0.717, 1.165) is 24.2 Å². The Morgan fingerprint density at radius 3 is 2.57 bits per heavy atom. The van der Waals surface area contributed by atoms with Crippen molar-refractivity contribution < 1.29 is 14.3 Å². The minimum atomic E-state index is -0.538. The molecule has 0 radical (unpaired) electrons. The standard InChI is InChI=1S/C29H33N3O3/c1-21-9-6-7-16-32(21)19-25-12-3-2-11-24(25)18-31-29(34)23-13-8-10-22(17-23)20-35-27-15-5-4-14-26(27)28(30)33/h2-5,8,10-15,17,21H,6-7,9,16,18-20H2,1H3,(H2,30,33)(H,31,34). The van der Waals surface area contributed by atoms with Crippen LogP contribution in [0.3, 0.4) is 0 Å². The van der Waals surface area contributed by atoms with Crippen LogP contribution in [-0.2, 0) is 19.7 Å². The van der Waals surface area contributed by atoms with Crippen LogP contribution in [-0.4, -0.2) is 29.3 Å². The second-order valence-electron chi connectivity index (χ2n) is 9.12. The van der Waals surface area contributed by atoms with Crippen LogP contribution < -0.4 is 15.8 Å². The molecule has 1 unspecified atom stereocenters. The molecule has 0 aromatic heterocycles. The normalized spacial score (nSPS) is 16.0. The zero-order valence-electron chi connectivity index (χ0n) is 20.2. The molecule has 35 heavy (non-hydrogen) atoms. The van der Waals surface area contributed by atoms with Gasteiger partial charge in [-0.05, 0) is 67.3 Å². The molecule has 2 amide bonds. The number of rotatable bonds is 9. The van der Waals surface area contributed by atoms with Crippen LogP contribution in [0.5, 0.6) is 5.75 Å². The minimum Gasteiger partial charge on any atom is -0.488 e. The van der Waals surface area contributed by atoms with E-state index >= 15 is 0 Å². The summed E-state index contributed by atoms with van der Waals surface area (Å²) in [6, 6.07) is 23.1. The lowest BCUT2D eigenvalue weighted by atomic mass is 10.0. The molecule has 3 aromatic rings. The quantitative estimate of drug-likeness (QED) is 0.475. The molecule has 6 heteroatoms. The molecule has 1 aliphatic rings. The Balaban J connectivity index is 1.37. The highest BCUT2D eigenvalue weighted by atomic mass is 16.5. The third kappa shape index (κ3) is 6.49. The molecule has 0 bridgehead atoms. The van der Waals surface area contributed by atoms with Crippen LogP contribution in [0.1, 0.15) is 63.6 Å². The molecule has 1 saturated heterocycles. The smallest absolute Gasteiger partial charge is 0.252 e. The van der Waals surface area contributed by atoms with E-state index in [1.165, 1.54) is 24.8 Å². The molecule has 3 N–H and O–H groups in total. The molecule has 182 valence electrons. The molecule has 3 aromatic carbocycles. The number of nitrogens with zero attached hydrogens (tertiary/aromatic N) is 1. The van der Waals surface area contributed by atoms with Gasteiger partial charge in [0.2, 0.25) is 0 Å². The van der Waals surface area contributed by atoms with Crippen molar-refractivity contribution in [3.63, 3.8) is 0 Å². The second kappa shape index (κ2) is 11.7. The number of hydrogen-bond acceptors (Lipinski definition) is 4. The number of likely N-dealkylation sites (tertiary alicyclic amines) is 1. The van der Waals surface area contributed by atoms with E-state index in [1.807, 2.05) is 24.3 Å². The first-order chi connectivity index (χ1) is 17.0. The van der Waals surface area contributed by atoms with Crippen LogP contribution >= 0.6 is 0 Å². The van der Waals surface area contributed by atoms with Gasteiger partial charge in [-0.1, -0.05) is 55.0 Å². The van der Waals surface area contributed by atoms with Gasteiger partial charge in [-0.3, -0.25) is 14.5 Å². The zero-order chi connectivity index (χ0) is 24.6. The lowest BCUT2D eigenvalue weighted by Crippen LogP contribution is -2.37. The van der Waals surface area contributed by atoms with E-state index in [2.05, 4.69) is 35.3 Å². The number of para-hydroxylation sites is 1. The molecule has 4 rings (SSSR count). The van der Waals surface area contributed by atoms with E-state index in [-0.39, 0.29) is 12.5 Å². The first-order valence-corrected chi connectivity index (χ1v) is 12.2. The van der Waals surface area contributed by atoms with Crippen LogP contribution in [0.15, 0.2) is 72.8 Å². The number of carbonyl (C=O) groups excluding carboxylic acids is 2. The Hall–Kier alpha value is -3.64. The highest BCUT2D eigenvalue weighted by molar-refractivity contribution is 5.95. The van der Waals surface area contributed by atoms with Crippen LogP contribution in [0.4, 0.5) is 0 Å². The van der Waals surface area contributed by atoms with Crippen molar-refractivity contribution in [1.82, 2.24) is 10.2 Å². The number of piperidine rings is 1. The predicted octanol–water partition coefficient (Wildman–Crippen LogP) is 4.67. The maximum Gasteiger partial charge on any atom is 0.252 e. The van der Waals surface area contributed by atoms with Gasteiger partial charge in [-0.2, -0.15) is 0 Å². The van der Waals surface area contributed by atoms with Crippen LogP contribution in [0, 0.1) is 0 Å². The third-order valence-corrected chi connectivity index (χ3v) is 6.61. The Morgan fingerprint density at radius 2 is 1.77 bits per heavy atom. The van der Waals surface area contributed by atoms with Gasteiger partial charge in [0.15, 0.2) is 0 Å². The fraction of sp³-hybridized carbons (Fsp3) is 0.310. The highest BCUT2D eigenvalue weighted by Crippen LogP contribution is 2.21. The van der Waals surface area contributed by atoms with Crippen molar-refractivity contribution in [3.05, 3.63) is 101 Å². The predicted molar refractivity (Wildman–Crippen MR) is 137 cm³/mol. The summed E-state index contributed by atoms with van der Waals surface area (Å²) in [7, 11) is 0. The average Bonchev–Trinajstić information content (AvgIpc) is 2.88. The molecule has 1 heterocycles. The third-order valence-electron chi connectivity index (χ3n) is 6.61. The summed E-state index contributed by atoms with van der Waals surface area (Å²) in [4.78, 5) is 27.1. The van der Waals surface area contributed by atoms with Gasteiger partial charge in [0.05, 0.1) is 5.56 Å². The number of nitrogens with two attached hydrogens (primary N) is 1. The Bertz CT molecular complexity index is 1180. The minimum absolute atomic E-state index is 0.134. The van der Waals surface area contributed by atoms with Gasteiger partial charge in [-0.15, -0.1) is 0 Å². The molecular weight excluding hydrogens is 438 g/mol. The first kappa shape index (κ1) is 24.5. The summed E-state index contributed by atoms with van der Waals surface area (Å²) < 4.78 is 5.81. The number of amides is 2. The van der Waals surface area contributed by atoms with Gasteiger partial charge in [0.25, 0.3) is 11.8 Å². The van der Waals surface area contributed by atoms with Gasteiger partial charge in [0.1, 0.15) is 12.4 Å². The van der Waals surface area contributed by atoms with E-state index in [0.29, 0.717) is 29.5 Å². The fourth-order valence-corrected chi connectivity index (χ4v) is 4.53. The SMILES string of the molecule is CC1CCCCN1Cc1ccccc1CNC(=O)c1cccc(COc2ccccc2C(N)=O)c1. The lowest BCUT2D eigenvalue weighted by Gasteiger charge is -2.33. The number of ether oxygens (including phenoxy) is 1. The van der Waals surface area contributed by atoms with Crippen molar-refractivity contribution in [2.75, 3.05) is 6.54 Å². The van der Waals surface area contributed by atoms with Crippen LogP contribution in [0.25, 0.3) is 0 Å². The molecule has 0 spiro atoms. The molecule has 6 nitrogen and oxygen atoms in total. The van der Waals surface area contributed by atoms with Gasteiger partial charge < -0.3 is 15.8 Å². The van der Waals surface area contributed by atoms with E-state index in [4.69, 9.17) is 10.5 Å². The molecule has 0 saturated carbocycles. The first-order valence-electron chi connectivity index (χ1n) is 12.2. The maximum atomic E-state index is 12.9. The Kier molecular flexibility index (Phi) is 8.16. The lowest BCUT2D eigenvalue weighted by molar-refractivity contribution is 0.0949. The van der Waals surface area contributed by atoms with Gasteiger partial charge in [0, 0.05) is 24.7 Å². The zero-order valence-corrected chi connectivity index (χ0v) is 20.2. The number of hydrogen-bond donors (Lipinski definition) is 2. The summed E-state index contributed by atoms with van der Waals surface area (Å²) in [6.45, 7) is 5.03. The molecule has 1 aliphatic heterocycles. The van der Waals surface area contributed by atoms with E-state index in [9.17, 15) is 9.59 Å². The molecular formula is C29H33N3O3. The highest BCUT2D eigenvalue weighted by Gasteiger charge is 2.19. The van der Waals surface area contributed by atoms with Crippen LogP contribution in [0.2, 0.25) is 0 Å². The van der Waals surface area contributed by atoms with E-state index < -0.39 is 5.91 Å². The van der Waals surface area contributed by atoms with Crippen molar-refractivity contribution in [1.29, 1.82) is 0 Å². The molecule has 1 atom stereocenters. The van der Waals surface area contributed by atoms with Gasteiger partial charge >= 0.3 is 0 Å². The number of primary amides is 1. The topological polar surface area (TPSA) is 84.7 Å². The van der Waals surface area contributed by atoms with Crippen molar-refractivity contribution in [3.8, 4) is 5.75 Å². The average molecular weight is 472 g/mol. The number of benzene rings is 3. The van der Waals surface area contributed by atoms with Crippen molar-refractivity contribution in [2.45, 2.75) is 51.9 Å². The Morgan fingerprint density at radius 1 is 1.00 bits per heavy atom. The fourth-order valence-electron chi connectivity index (χ4n) is 4.53. The van der Waals surface area contributed by atoms with Gasteiger partial charge in [-0.25, -0.2) is 0 Å². The largest absolute Gasteiger partial charge is 0.488 e. The van der Waals surface area contributed by atoms with Crippen molar-refractivity contribution >= 4 is 11.8 Å². The van der Waals surface area contributed by atoms with E-state index in [1.54, 1.807) is 30.3 Å². The summed E-state index contributed by atoms with van der Waals surface area (Å²) in [5, 5.41) is 3.07. The summed E-state index contributed by atoms with van der Waals surface area (Å²) >= 11 is 0. The summed E-state index contributed by atoms with van der Waals surface area (Å²) in [5.74, 6) is -0.247. The maximum absolute atomic E-state index is 12.9. The molecule has 0 aliphatic carbocycles. The number of carbonyl (C=O) groups is 2. The Labute approximate surface area is 207 Å². The monoisotopic (exact) mass is 471 g/mol. The second-order valence-corrected chi connectivity index (χ2v) is 9.12. The number of nitrogens with one attached hydrogen (secondary N) is 1. The summed E-state index contributed by atoms with van der Waals surface area (Å²) in [5.41, 5.74) is 9.55. The summed E-state index contributed by atoms with van der Waals surface area (Å²) in [6.07, 6.45) is 3.79. The molecule has 1 fully saturated rings.